The Morgan fingerprint density at radius 3 is 3.06 bits per heavy atom. The maximum absolute atomic E-state index is 14.1. The molecule has 1 aromatic carbocycles. The molecule has 0 radical (unpaired) electrons. The molecule has 1 N–H and O–H groups in total. The number of benzene rings is 1. The van der Waals surface area contributed by atoms with Crippen LogP contribution in [0.3, 0.4) is 0 Å². The van der Waals surface area contributed by atoms with Crippen molar-refractivity contribution in [3.8, 4) is 0 Å². The molecule has 0 aliphatic carbocycles. The smallest absolute Gasteiger partial charge is 0.307 e. The normalized spacial score (nSPS) is 21.4. The molecule has 0 aromatic heterocycles. The number of hydrogen-bond acceptors (Lipinski definition) is 2. The fraction of sp³-hybridized carbons (Fsp3) is 0.462. The van der Waals surface area contributed by atoms with E-state index in [1.807, 2.05) is 0 Å². The number of carbonyl (C=O) groups is 1. The van der Waals surface area contributed by atoms with Gasteiger partial charge in [0.05, 0.1) is 13.0 Å². The summed E-state index contributed by atoms with van der Waals surface area (Å²) in [4.78, 5) is 10.6. The minimum Gasteiger partial charge on any atom is -0.481 e. The van der Waals surface area contributed by atoms with Crippen LogP contribution in [0.2, 0.25) is 0 Å². The van der Waals surface area contributed by atoms with E-state index < -0.39 is 12.1 Å². The molecule has 3 nitrogen and oxygen atoms in total. The highest BCUT2D eigenvalue weighted by Crippen LogP contribution is 2.32. The van der Waals surface area contributed by atoms with Crippen molar-refractivity contribution in [1.82, 2.24) is 0 Å². The van der Waals surface area contributed by atoms with E-state index in [2.05, 4.69) is 0 Å². The first kappa shape index (κ1) is 12.0. The van der Waals surface area contributed by atoms with Gasteiger partial charge in [0.15, 0.2) is 0 Å². The van der Waals surface area contributed by atoms with Crippen LogP contribution < -0.4 is 0 Å². The minimum absolute atomic E-state index is 0.0677. The molecule has 0 spiro atoms. The highest BCUT2D eigenvalue weighted by Gasteiger charge is 2.26. The summed E-state index contributed by atoms with van der Waals surface area (Å²) in [5.41, 5.74) is 1.19. The Morgan fingerprint density at radius 2 is 2.41 bits per heavy atom. The van der Waals surface area contributed by atoms with E-state index in [1.54, 1.807) is 24.3 Å². The fourth-order valence-electron chi connectivity index (χ4n) is 2.10. The SMILES string of the molecule is O=C(O)Cc1cccc(C(F)C2CCOC2)c1. The Kier molecular flexibility index (Phi) is 3.74. The number of aliphatic carboxylic acids is 1. The number of carboxylic acid groups (broad SMARTS) is 1. The van der Waals surface area contributed by atoms with E-state index in [9.17, 15) is 9.18 Å². The lowest BCUT2D eigenvalue weighted by Crippen LogP contribution is -2.09. The Balaban J connectivity index is 2.11. The largest absolute Gasteiger partial charge is 0.481 e. The van der Waals surface area contributed by atoms with Gasteiger partial charge in [-0.15, -0.1) is 0 Å². The van der Waals surface area contributed by atoms with Gasteiger partial charge in [-0.2, -0.15) is 0 Å². The van der Waals surface area contributed by atoms with Crippen LogP contribution in [0.25, 0.3) is 0 Å². The molecule has 1 fully saturated rings. The Hall–Kier alpha value is -1.42. The van der Waals surface area contributed by atoms with Gasteiger partial charge in [-0.1, -0.05) is 24.3 Å². The monoisotopic (exact) mass is 238 g/mol. The molecule has 2 atom stereocenters. The second-order valence-corrected chi connectivity index (χ2v) is 4.34. The molecule has 1 heterocycles. The van der Waals surface area contributed by atoms with Crippen molar-refractivity contribution in [3.63, 3.8) is 0 Å². The summed E-state index contributed by atoms with van der Waals surface area (Å²) in [7, 11) is 0. The quantitative estimate of drug-likeness (QED) is 0.875. The highest BCUT2D eigenvalue weighted by molar-refractivity contribution is 5.70. The topological polar surface area (TPSA) is 46.5 Å². The van der Waals surface area contributed by atoms with E-state index in [0.29, 0.717) is 24.3 Å². The van der Waals surface area contributed by atoms with Crippen molar-refractivity contribution < 1.29 is 19.0 Å². The third-order valence-corrected chi connectivity index (χ3v) is 3.00. The van der Waals surface area contributed by atoms with Crippen LogP contribution in [0, 0.1) is 5.92 Å². The zero-order valence-electron chi connectivity index (χ0n) is 9.43. The molecule has 2 unspecified atom stereocenters. The van der Waals surface area contributed by atoms with Crippen LogP contribution in [0.4, 0.5) is 4.39 Å². The summed E-state index contributed by atoms with van der Waals surface area (Å²) in [6.45, 7) is 1.06. The van der Waals surface area contributed by atoms with Gasteiger partial charge in [0.25, 0.3) is 0 Å². The van der Waals surface area contributed by atoms with Gasteiger partial charge in [-0.25, -0.2) is 4.39 Å². The molecule has 1 aromatic rings. The predicted octanol–water partition coefficient (Wildman–Crippen LogP) is 2.36. The minimum atomic E-state index is -1.06. The van der Waals surface area contributed by atoms with Crippen molar-refractivity contribution >= 4 is 5.97 Å². The average molecular weight is 238 g/mol. The molecular weight excluding hydrogens is 223 g/mol. The van der Waals surface area contributed by atoms with Gasteiger partial charge in [0, 0.05) is 12.5 Å². The molecule has 1 aliphatic heterocycles. The highest BCUT2D eigenvalue weighted by atomic mass is 19.1. The molecule has 17 heavy (non-hydrogen) atoms. The molecule has 1 saturated heterocycles. The molecule has 0 bridgehead atoms. The maximum atomic E-state index is 14.1. The zero-order chi connectivity index (χ0) is 12.3. The lowest BCUT2D eigenvalue weighted by Gasteiger charge is -2.14. The lowest BCUT2D eigenvalue weighted by molar-refractivity contribution is -0.136. The van der Waals surface area contributed by atoms with Crippen LogP contribution in [-0.4, -0.2) is 24.3 Å². The molecule has 92 valence electrons. The number of halogens is 1. The fourth-order valence-corrected chi connectivity index (χ4v) is 2.10. The molecule has 2 rings (SSSR count). The first-order valence-electron chi connectivity index (χ1n) is 5.69. The summed E-state index contributed by atoms with van der Waals surface area (Å²) in [5.74, 6) is -1.00. The Morgan fingerprint density at radius 1 is 1.59 bits per heavy atom. The van der Waals surface area contributed by atoms with Gasteiger partial charge in [0.2, 0.25) is 0 Å². The summed E-state index contributed by atoms with van der Waals surface area (Å²) in [6, 6.07) is 6.75. The average Bonchev–Trinajstić information content (AvgIpc) is 2.81. The van der Waals surface area contributed by atoms with E-state index in [4.69, 9.17) is 9.84 Å². The molecular formula is C13H15FO3. The summed E-state index contributed by atoms with van der Waals surface area (Å²) < 4.78 is 19.3. The van der Waals surface area contributed by atoms with Crippen LogP contribution in [-0.2, 0) is 16.0 Å². The molecule has 0 saturated carbocycles. The number of alkyl halides is 1. The van der Waals surface area contributed by atoms with E-state index in [0.717, 1.165) is 6.42 Å². The summed E-state index contributed by atoms with van der Waals surface area (Å²) in [6.07, 6.45) is -0.405. The predicted molar refractivity (Wildman–Crippen MR) is 60.6 cm³/mol. The van der Waals surface area contributed by atoms with Gasteiger partial charge < -0.3 is 9.84 Å². The van der Waals surface area contributed by atoms with Crippen molar-refractivity contribution in [1.29, 1.82) is 0 Å². The number of hydrogen-bond donors (Lipinski definition) is 1. The van der Waals surface area contributed by atoms with Crippen LogP contribution in [0.1, 0.15) is 23.7 Å². The Labute approximate surface area is 99.2 Å². The molecule has 1 aliphatic rings. The second-order valence-electron chi connectivity index (χ2n) is 4.34. The van der Waals surface area contributed by atoms with Gasteiger partial charge in [-0.3, -0.25) is 4.79 Å². The maximum Gasteiger partial charge on any atom is 0.307 e. The first-order valence-corrected chi connectivity index (χ1v) is 5.69. The number of ether oxygens (including phenoxy) is 1. The van der Waals surface area contributed by atoms with E-state index >= 15 is 0 Å². The summed E-state index contributed by atoms with van der Waals surface area (Å²) >= 11 is 0. The third kappa shape index (κ3) is 3.03. The van der Waals surface area contributed by atoms with Crippen LogP contribution in [0.5, 0.6) is 0 Å². The zero-order valence-corrected chi connectivity index (χ0v) is 9.43. The van der Waals surface area contributed by atoms with Crippen molar-refractivity contribution in [2.24, 2.45) is 5.92 Å². The number of rotatable bonds is 4. The van der Waals surface area contributed by atoms with E-state index in [1.165, 1.54) is 0 Å². The number of carboxylic acids is 1. The third-order valence-electron chi connectivity index (χ3n) is 3.00. The van der Waals surface area contributed by atoms with Crippen molar-refractivity contribution in [3.05, 3.63) is 35.4 Å². The lowest BCUT2D eigenvalue weighted by atomic mass is 9.95. The molecule has 4 heteroatoms. The second kappa shape index (κ2) is 5.27. The van der Waals surface area contributed by atoms with Gasteiger partial charge >= 0.3 is 5.97 Å². The van der Waals surface area contributed by atoms with Crippen LogP contribution in [0.15, 0.2) is 24.3 Å². The van der Waals surface area contributed by atoms with Crippen molar-refractivity contribution in [2.75, 3.05) is 13.2 Å². The Bertz CT molecular complexity index is 399. The van der Waals surface area contributed by atoms with Crippen molar-refractivity contribution in [2.45, 2.75) is 19.0 Å². The van der Waals surface area contributed by atoms with Gasteiger partial charge in [-0.05, 0) is 17.5 Å². The standard InChI is InChI=1S/C13H15FO3/c14-13(11-4-5-17-8-11)10-3-1-2-9(6-10)7-12(15)16/h1-3,6,11,13H,4-5,7-8H2,(H,15,16). The molecule has 0 amide bonds. The van der Waals surface area contributed by atoms with Gasteiger partial charge in [0.1, 0.15) is 6.17 Å². The van der Waals surface area contributed by atoms with Crippen LogP contribution >= 0.6 is 0 Å². The first-order chi connectivity index (χ1) is 8.16. The van der Waals surface area contributed by atoms with E-state index in [-0.39, 0.29) is 12.3 Å². The summed E-state index contributed by atoms with van der Waals surface area (Å²) in [5, 5.41) is 8.69.